The molecule has 20 heavy (non-hydrogen) atoms. The van der Waals surface area contributed by atoms with Crippen molar-refractivity contribution in [1.82, 2.24) is 5.32 Å². The van der Waals surface area contributed by atoms with Crippen molar-refractivity contribution in [2.75, 3.05) is 0 Å². The Labute approximate surface area is 124 Å². The fourth-order valence-electron chi connectivity index (χ4n) is 4.08. The molecule has 2 aliphatic carbocycles. The normalized spacial score (nSPS) is 37.5. The molecule has 0 radical (unpaired) electrons. The first kappa shape index (κ1) is 14.1. The highest BCUT2D eigenvalue weighted by Gasteiger charge is 2.34. The van der Waals surface area contributed by atoms with Crippen molar-refractivity contribution in [1.29, 1.82) is 0 Å². The van der Waals surface area contributed by atoms with Crippen LogP contribution in [0, 0.1) is 18.8 Å². The van der Waals surface area contributed by atoms with Crippen LogP contribution in [0.15, 0.2) is 24.3 Å². The molecule has 1 aromatic carbocycles. The summed E-state index contributed by atoms with van der Waals surface area (Å²) in [4.78, 5) is 0. The zero-order chi connectivity index (χ0) is 14.1. The van der Waals surface area contributed by atoms with E-state index in [0.717, 1.165) is 29.8 Å². The second-order valence-electron chi connectivity index (χ2n) is 7.35. The molecular formula is C19H29N. The maximum Gasteiger partial charge on any atom is 0.00813 e. The summed E-state index contributed by atoms with van der Waals surface area (Å²) in [6, 6.07) is 10.5. The summed E-state index contributed by atoms with van der Waals surface area (Å²) in [6.45, 7) is 7.09. The topological polar surface area (TPSA) is 12.0 Å². The van der Waals surface area contributed by atoms with Crippen LogP contribution >= 0.6 is 0 Å². The molecule has 0 saturated heterocycles. The van der Waals surface area contributed by atoms with Gasteiger partial charge in [0.15, 0.2) is 0 Å². The van der Waals surface area contributed by atoms with Crippen LogP contribution in [0.5, 0.6) is 0 Å². The Morgan fingerprint density at radius 3 is 2.35 bits per heavy atom. The van der Waals surface area contributed by atoms with Gasteiger partial charge in [0.25, 0.3) is 0 Å². The first-order chi connectivity index (χ1) is 9.63. The van der Waals surface area contributed by atoms with Gasteiger partial charge in [0.05, 0.1) is 0 Å². The van der Waals surface area contributed by atoms with Gasteiger partial charge in [-0.05, 0) is 67.9 Å². The summed E-state index contributed by atoms with van der Waals surface area (Å²) in [6.07, 6.45) is 6.85. The van der Waals surface area contributed by atoms with Crippen LogP contribution in [-0.4, -0.2) is 12.1 Å². The van der Waals surface area contributed by atoms with E-state index in [2.05, 4.69) is 50.4 Å². The Kier molecular flexibility index (Phi) is 4.16. The summed E-state index contributed by atoms with van der Waals surface area (Å²) in [5.41, 5.74) is 3.05. The van der Waals surface area contributed by atoms with Gasteiger partial charge in [0, 0.05) is 12.1 Å². The lowest BCUT2D eigenvalue weighted by Gasteiger charge is -2.42. The van der Waals surface area contributed by atoms with Gasteiger partial charge in [0.2, 0.25) is 0 Å². The molecule has 3 unspecified atom stereocenters. The fraction of sp³-hybridized carbons (Fsp3) is 0.684. The molecule has 0 spiro atoms. The van der Waals surface area contributed by atoms with Crippen LogP contribution in [0.3, 0.4) is 0 Å². The minimum Gasteiger partial charge on any atom is -0.311 e. The third-order valence-corrected chi connectivity index (χ3v) is 5.84. The number of benzene rings is 1. The summed E-state index contributed by atoms with van der Waals surface area (Å²) in [5, 5.41) is 3.93. The molecule has 1 N–H and O–H groups in total. The van der Waals surface area contributed by atoms with Crippen molar-refractivity contribution >= 4 is 0 Å². The van der Waals surface area contributed by atoms with Crippen molar-refractivity contribution in [2.45, 2.75) is 70.9 Å². The molecule has 1 nitrogen and oxygen atoms in total. The second kappa shape index (κ2) is 5.89. The number of hydrogen-bond acceptors (Lipinski definition) is 1. The molecule has 3 rings (SSSR count). The molecule has 3 atom stereocenters. The van der Waals surface area contributed by atoms with Gasteiger partial charge in [-0.1, -0.05) is 38.1 Å². The number of hydrogen-bond donors (Lipinski definition) is 1. The highest BCUT2D eigenvalue weighted by atomic mass is 15.0. The Morgan fingerprint density at radius 2 is 1.65 bits per heavy atom. The van der Waals surface area contributed by atoms with Gasteiger partial charge in [-0.2, -0.15) is 0 Å². The van der Waals surface area contributed by atoms with Gasteiger partial charge >= 0.3 is 0 Å². The average molecular weight is 271 g/mol. The van der Waals surface area contributed by atoms with Gasteiger partial charge in [0.1, 0.15) is 0 Å². The van der Waals surface area contributed by atoms with Crippen molar-refractivity contribution in [3.8, 4) is 0 Å². The summed E-state index contributed by atoms with van der Waals surface area (Å²) >= 11 is 0. The second-order valence-corrected chi connectivity index (χ2v) is 7.35. The minimum absolute atomic E-state index is 0.769. The molecule has 0 aromatic heterocycles. The fourth-order valence-corrected chi connectivity index (χ4v) is 4.08. The first-order valence-electron chi connectivity index (χ1n) is 8.45. The zero-order valence-electron chi connectivity index (χ0n) is 13.2. The third kappa shape index (κ3) is 2.93. The van der Waals surface area contributed by atoms with Crippen LogP contribution in [0.2, 0.25) is 0 Å². The lowest BCUT2D eigenvalue weighted by molar-refractivity contribution is 0.183. The molecule has 0 amide bonds. The summed E-state index contributed by atoms with van der Waals surface area (Å²) in [7, 11) is 0. The first-order valence-corrected chi connectivity index (χ1v) is 8.45. The van der Waals surface area contributed by atoms with Crippen LogP contribution < -0.4 is 5.32 Å². The maximum absolute atomic E-state index is 3.93. The summed E-state index contributed by atoms with van der Waals surface area (Å²) < 4.78 is 0. The Morgan fingerprint density at radius 1 is 0.900 bits per heavy atom. The smallest absolute Gasteiger partial charge is 0.00813 e. The standard InChI is InChI=1S/C19H29N/c1-13-8-9-17(10-15(13)3)20-18-11-16(12-18)19-7-5-4-6-14(19)2/h4-7,13,15-18,20H,8-12H2,1-3H3. The van der Waals surface area contributed by atoms with Crippen LogP contribution in [0.1, 0.15) is 63.0 Å². The maximum atomic E-state index is 3.93. The van der Waals surface area contributed by atoms with E-state index >= 15 is 0 Å². The van der Waals surface area contributed by atoms with E-state index in [-0.39, 0.29) is 0 Å². The third-order valence-electron chi connectivity index (χ3n) is 5.84. The van der Waals surface area contributed by atoms with Gasteiger partial charge in [-0.3, -0.25) is 0 Å². The zero-order valence-corrected chi connectivity index (χ0v) is 13.2. The van der Waals surface area contributed by atoms with Crippen molar-refractivity contribution < 1.29 is 0 Å². The van der Waals surface area contributed by atoms with E-state index in [1.807, 2.05) is 0 Å². The monoisotopic (exact) mass is 271 g/mol. The van der Waals surface area contributed by atoms with Crippen molar-refractivity contribution in [3.63, 3.8) is 0 Å². The quantitative estimate of drug-likeness (QED) is 0.843. The molecule has 1 aromatic rings. The number of rotatable bonds is 3. The average Bonchev–Trinajstić information content (AvgIpc) is 2.39. The van der Waals surface area contributed by atoms with E-state index in [1.54, 1.807) is 5.56 Å². The molecule has 1 heteroatoms. The van der Waals surface area contributed by atoms with E-state index in [4.69, 9.17) is 0 Å². The summed E-state index contributed by atoms with van der Waals surface area (Å²) in [5.74, 6) is 2.62. The highest BCUT2D eigenvalue weighted by molar-refractivity contribution is 5.31. The molecule has 0 aliphatic heterocycles. The van der Waals surface area contributed by atoms with Gasteiger partial charge in [-0.15, -0.1) is 0 Å². The van der Waals surface area contributed by atoms with Crippen LogP contribution in [0.25, 0.3) is 0 Å². The predicted octanol–water partition coefficient (Wildman–Crippen LogP) is 4.66. The van der Waals surface area contributed by atoms with Crippen molar-refractivity contribution in [3.05, 3.63) is 35.4 Å². The van der Waals surface area contributed by atoms with E-state index in [1.165, 1.54) is 37.7 Å². The van der Waals surface area contributed by atoms with Crippen molar-refractivity contribution in [2.24, 2.45) is 11.8 Å². The van der Waals surface area contributed by atoms with Gasteiger partial charge in [-0.25, -0.2) is 0 Å². The Hall–Kier alpha value is -0.820. The SMILES string of the molecule is Cc1ccccc1C1CC(NC2CCC(C)C(C)C2)C1. The minimum atomic E-state index is 0.769. The number of nitrogens with one attached hydrogen (secondary N) is 1. The largest absolute Gasteiger partial charge is 0.311 e. The van der Waals surface area contributed by atoms with Crippen LogP contribution in [-0.2, 0) is 0 Å². The van der Waals surface area contributed by atoms with E-state index in [9.17, 15) is 0 Å². The molecule has 0 bridgehead atoms. The Balaban J connectivity index is 1.48. The lowest BCUT2D eigenvalue weighted by atomic mass is 9.73. The highest BCUT2D eigenvalue weighted by Crippen LogP contribution is 2.39. The lowest BCUT2D eigenvalue weighted by Crippen LogP contribution is -2.47. The molecular weight excluding hydrogens is 242 g/mol. The molecule has 2 aliphatic rings. The van der Waals surface area contributed by atoms with E-state index in [0.29, 0.717) is 0 Å². The Bertz CT molecular complexity index is 447. The van der Waals surface area contributed by atoms with E-state index < -0.39 is 0 Å². The molecule has 0 heterocycles. The molecule has 2 fully saturated rings. The number of aryl methyl sites for hydroxylation is 1. The molecule has 2 saturated carbocycles. The van der Waals surface area contributed by atoms with Gasteiger partial charge < -0.3 is 5.32 Å². The predicted molar refractivity (Wildman–Crippen MR) is 86.0 cm³/mol. The van der Waals surface area contributed by atoms with Crippen LogP contribution in [0.4, 0.5) is 0 Å². The molecule has 110 valence electrons.